The predicted molar refractivity (Wildman–Crippen MR) is 115 cm³/mol. The van der Waals surface area contributed by atoms with Crippen molar-refractivity contribution < 1.29 is 0 Å². The Balaban J connectivity index is 1.35. The standard InChI is InChI=1S/C21H30N6S/c1-16-24-19-11-10-17(14-27(19)26-16)25-20(22-2)23-15-21(12-6-7-13-21)28-18-8-4-3-5-9-18/h3-5,8-9,17H,6-7,10-15H2,1-2H3,(H2,22,23,25). The molecule has 1 atom stereocenters. The molecule has 1 fully saturated rings. The van der Waals surface area contributed by atoms with E-state index in [9.17, 15) is 0 Å². The Labute approximate surface area is 171 Å². The summed E-state index contributed by atoms with van der Waals surface area (Å²) in [6.07, 6.45) is 7.14. The highest BCUT2D eigenvalue weighted by Gasteiger charge is 2.35. The summed E-state index contributed by atoms with van der Waals surface area (Å²) < 4.78 is 2.29. The topological polar surface area (TPSA) is 67.1 Å². The molecule has 150 valence electrons. The zero-order chi connectivity index (χ0) is 19.4. The number of guanidine groups is 1. The maximum atomic E-state index is 4.50. The van der Waals surface area contributed by atoms with E-state index in [2.05, 4.69) is 56.0 Å². The fourth-order valence-corrected chi connectivity index (χ4v) is 5.69. The van der Waals surface area contributed by atoms with Crippen LogP contribution in [0.4, 0.5) is 0 Å². The summed E-state index contributed by atoms with van der Waals surface area (Å²) in [6.45, 7) is 3.74. The molecule has 4 rings (SSSR count). The van der Waals surface area contributed by atoms with Gasteiger partial charge in [0.2, 0.25) is 0 Å². The van der Waals surface area contributed by atoms with Crippen molar-refractivity contribution in [3.63, 3.8) is 0 Å². The molecule has 6 nitrogen and oxygen atoms in total. The fraction of sp³-hybridized carbons (Fsp3) is 0.571. The van der Waals surface area contributed by atoms with Crippen LogP contribution in [0.25, 0.3) is 0 Å². The number of nitrogens with one attached hydrogen (secondary N) is 2. The Morgan fingerprint density at radius 3 is 2.82 bits per heavy atom. The van der Waals surface area contributed by atoms with Gasteiger partial charge in [0, 0.05) is 35.7 Å². The van der Waals surface area contributed by atoms with Gasteiger partial charge in [-0.2, -0.15) is 5.10 Å². The van der Waals surface area contributed by atoms with E-state index in [1.54, 1.807) is 0 Å². The fourth-order valence-electron chi connectivity index (χ4n) is 4.26. The van der Waals surface area contributed by atoms with Crippen LogP contribution in [0.3, 0.4) is 0 Å². The minimum atomic E-state index is 0.252. The lowest BCUT2D eigenvalue weighted by Gasteiger charge is -2.31. The number of benzene rings is 1. The van der Waals surface area contributed by atoms with Gasteiger partial charge in [-0.1, -0.05) is 31.0 Å². The van der Waals surface area contributed by atoms with E-state index in [1.807, 2.05) is 30.4 Å². The zero-order valence-electron chi connectivity index (χ0n) is 16.8. The number of thioether (sulfide) groups is 1. The summed E-state index contributed by atoms with van der Waals surface area (Å²) in [6, 6.07) is 11.1. The molecule has 2 aromatic rings. The van der Waals surface area contributed by atoms with E-state index in [-0.39, 0.29) is 4.75 Å². The Bertz CT molecular complexity index is 810. The van der Waals surface area contributed by atoms with Gasteiger partial charge in [0.1, 0.15) is 11.6 Å². The number of aromatic nitrogens is 3. The molecule has 0 saturated heterocycles. The van der Waals surface area contributed by atoms with Crippen LogP contribution in [0.5, 0.6) is 0 Å². The molecule has 1 aromatic heterocycles. The van der Waals surface area contributed by atoms with Gasteiger partial charge in [-0.05, 0) is 38.3 Å². The van der Waals surface area contributed by atoms with E-state index >= 15 is 0 Å². The molecule has 0 bridgehead atoms. The minimum Gasteiger partial charge on any atom is -0.355 e. The van der Waals surface area contributed by atoms with Crippen LogP contribution < -0.4 is 10.6 Å². The van der Waals surface area contributed by atoms with Gasteiger partial charge in [0.25, 0.3) is 0 Å². The lowest BCUT2D eigenvalue weighted by Crippen LogP contribution is -2.50. The van der Waals surface area contributed by atoms with E-state index in [1.165, 1.54) is 30.6 Å². The highest BCUT2D eigenvalue weighted by atomic mass is 32.2. The number of aryl methyl sites for hydroxylation is 2. The molecule has 2 aliphatic rings. The van der Waals surface area contributed by atoms with Crippen molar-refractivity contribution in [2.45, 2.75) is 67.7 Å². The third kappa shape index (κ3) is 4.51. The molecule has 1 unspecified atom stereocenters. The van der Waals surface area contributed by atoms with Gasteiger partial charge in [0.05, 0.1) is 6.54 Å². The first-order valence-corrected chi connectivity index (χ1v) is 11.1. The van der Waals surface area contributed by atoms with Gasteiger partial charge in [-0.15, -0.1) is 11.8 Å². The first-order chi connectivity index (χ1) is 13.7. The molecule has 1 aromatic carbocycles. The van der Waals surface area contributed by atoms with Gasteiger partial charge >= 0.3 is 0 Å². The van der Waals surface area contributed by atoms with Crippen LogP contribution in [0, 0.1) is 6.92 Å². The van der Waals surface area contributed by atoms with Gasteiger partial charge in [-0.25, -0.2) is 9.67 Å². The molecular formula is C21H30N6S. The van der Waals surface area contributed by atoms with Gasteiger partial charge < -0.3 is 10.6 Å². The Morgan fingerprint density at radius 1 is 1.29 bits per heavy atom. The maximum absolute atomic E-state index is 4.50. The molecule has 0 amide bonds. The number of hydrogen-bond donors (Lipinski definition) is 2. The van der Waals surface area contributed by atoms with Crippen molar-refractivity contribution >= 4 is 17.7 Å². The second-order valence-electron chi connectivity index (χ2n) is 7.87. The number of aliphatic imine (C=N–C) groups is 1. The van der Waals surface area contributed by atoms with Crippen LogP contribution in [0.15, 0.2) is 40.2 Å². The molecule has 2 N–H and O–H groups in total. The first-order valence-electron chi connectivity index (χ1n) is 10.3. The summed E-state index contributed by atoms with van der Waals surface area (Å²) in [5, 5.41) is 11.7. The average Bonchev–Trinajstić information content (AvgIpc) is 3.31. The summed E-state index contributed by atoms with van der Waals surface area (Å²) in [4.78, 5) is 10.3. The van der Waals surface area contributed by atoms with Gasteiger partial charge in [-0.3, -0.25) is 4.99 Å². The van der Waals surface area contributed by atoms with E-state index in [0.29, 0.717) is 6.04 Å². The molecular weight excluding hydrogens is 368 g/mol. The largest absolute Gasteiger partial charge is 0.355 e. The Morgan fingerprint density at radius 2 is 2.07 bits per heavy atom. The van der Waals surface area contributed by atoms with Crippen LogP contribution in [-0.4, -0.2) is 45.1 Å². The van der Waals surface area contributed by atoms with Crippen molar-refractivity contribution in [1.29, 1.82) is 0 Å². The van der Waals surface area contributed by atoms with Crippen LogP contribution in [0.1, 0.15) is 43.8 Å². The SMILES string of the molecule is CN=C(NCC1(Sc2ccccc2)CCCC1)NC1CCc2nc(C)nn2C1. The van der Waals surface area contributed by atoms with Crippen LogP contribution in [0.2, 0.25) is 0 Å². The average molecular weight is 399 g/mol. The van der Waals surface area contributed by atoms with E-state index < -0.39 is 0 Å². The lowest BCUT2D eigenvalue weighted by molar-refractivity contribution is 0.391. The minimum absolute atomic E-state index is 0.252. The van der Waals surface area contributed by atoms with E-state index in [4.69, 9.17) is 0 Å². The molecule has 7 heteroatoms. The van der Waals surface area contributed by atoms with Crippen LogP contribution >= 0.6 is 11.8 Å². The third-order valence-corrected chi connectivity index (χ3v) is 7.19. The first kappa shape index (κ1) is 19.3. The highest BCUT2D eigenvalue weighted by Crippen LogP contribution is 2.44. The lowest BCUT2D eigenvalue weighted by atomic mass is 10.1. The number of rotatable bonds is 5. The monoisotopic (exact) mass is 398 g/mol. The number of nitrogens with zero attached hydrogens (tertiary/aromatic N) is 4. The summed E-state index contributed by atoms with van der Waals surface area (Å²) in [5.41, 5.74) is 0. The smallest absolute Gasteiger partial charge is 0.191 e. The molecule has 0 radical (unpaired) electrons. The zero-order valence-corrected chi connectivity index (χ0v) is 17.6. The number of fused-ring (bicyclic) bond motifs is 1. The maximum Gasteiger partial charge on any atom is 0.191 e. The molecule has 0 spiro atoms. The van der Waals surface area contributed by atoms with Crippen molar-refractivity contribution in [2.75, 3.05) is 13.6 Å². The summed E-state index contributed by atoms with van der Waals surface area (Å²) in [7, 11) is 1.86. The van der Waals surface area contributed by atoms with E-state index in [0.717, 1.165) is 43.5 Å². The highest BCUT2D eigenvalue weighted by molar-refractivity contribution is 8.00. The van der Waals surface area contributed by atoms with Crippen molar-refractivity contribution in [3.8, 4) is 0 Å². The second kappa shape index (κ2) is 8.55. The third-order valence-electron chi connectivity index (χ3n) is 5.70. The van der Waals surface area contributed by atoms with Crippen molar-refractivity contribution in [2.24, 2.45) is 4.99 Å². The normalized spacial score (nSPS) is 21.4. The number of hydrogen-bond acceptors (Lipinski definition) is 4. The molecule has 1 aliphatic heterocycles. The van der Waals surface area contributed by atoms with Crippen LogP contribution in [-0.2, 0) is 13.0 Å². The predicted octanol–water partition coefficient (Wildman–Crippen LogP) is 3.17. The summed E-state index contributed by atoms with van der Waals surface area (Å²) >= 11 is 2.02. The molecule has 1 aliphatic carbocycles. The molecule has 1 saturated carbocycles. The molecule has 28 heavy (non-hydrogen) atoms. The molecule has 2 heterocycles. The second-order valence-corrected chi connectivity index (χ2v) is 9.41. The quantitative estimate of drug-likeness (QED) is 0.598. The summed E-state index contributed by atoms with van der Waals surface area (Å²) in [5.74, 6) is 2.85. The van der Waals surface area contributed by atoms with Gasteiger partial charge in [0.15, 0.2) is 5.96 Å². The van der Waals surface area contributed by atoms with Crippen molar-refractivity contribution in [1.82, 2.24) is 25.4 Å². The Kier molecular flexibility index (Phi) is 5.90. The van der Waals surface area contributed by atoms with Crippen molar-refractivity contribution in [3.05, 3.63) is 42.0 Å². The Hall–Kier alpha value is -2.02.